The van der Waals surface area contributed by atoms with Crippen LogP contribution in [-0.2, 0) is 32.7 Å². The molecule has 0 aliphatic heterocycles. The average Bonchev–Trinajstić information content (AvgIpc) is 2.25. The second kappa shape index (κ2) is 18.0. The number of pyridine rings is 1. The zero-order chi connectivity index (χ0) is 9.82. The third kappa shape index (κ3) is 12.1. The van der Waals surface area contributed by atoms with Crippen LogP contribution >= 0.6 is 0 Å². The van der Waals surface area contributed by atoms with E-state index in [4.69, 9.17) is 0 Å². The molecule has 1 aromatic heterocycles. The van der Waals surface area contributed by atoms with Gasteiger partial charge in [0.2, 0.25) is 0 Å². The van der Waals surface area contributed by atoms with Gasteiger partial charge in [-0.2, -0.15) is 6.07 Å². The fraction of sp³-hybridized carbons (Fsp3) is 0.500. The van der Waals surface area contributed by atoms with Crippen molar-refractivity contribution in [3.63, 3.8) is 0 Å². The Hall–Kier alpha value is 0.0539. The molecule has 0 aliphatic rings. The standard InChI is InChI=1S/C6H7N2.2C2H6.Y/c1-7-6-2-4-8-5-3-6;2*1-2;/h2,4-5H,1H3,(H,7,8);2*1-2H3;/q-1;;;. The van der Waals surface area contributed by atoms with Gasteiger partial charge in [0.15, 0.2) is 0 Å². The largest absolute Gasteiger partial charge is 0.421 e. The second-order valence-corrected chi connectivity index (χ2v) is 1.40. The molecule has 0 bridgehead atoms. The maximum absolute atomic E-state index is 3.80. The van der Waals surface area contributed by atoms with Crippen LogP contribution in [0.25, 0.3) is 0 Å². The van der Waals surface area contributed by atoms with Crippen LogP contribution in [0, 0.1) is 6.07 Å². The van der Waals surface area contributed by atoms with Gasteiger partial charge in [-0.15, -0.1) is 5.69 Å². The van der Waals surface area contributed by atoms with Crippen molar-refractivity contribution in [1.29, 1.82) is 0 Å². The fourth-order valence-corrected chi connectivity index (χ4v) is 0.471. The van der Waals surface area contributed by atoms with Gasteiger partial charge in [0.1, 0.15) is 0 Å². The van der Waals surface area contributed by atoms with E-state index >= 15 is 0 Å². The van der Waals surface area contributed by atoms with Crippen LogP contribution in [0.3, 0.4) is 0 Å². The molecular formula is C10H19N2Y-. The van der Waals surface area contributed by atoms with E-state index in [1.54, 1.807) is 12.4 Å². The Balaban J connectivity index is -0.000000178. The van der Waals surface area contributed by atoms with Crippen molar-refractivity contribution >= 4 is 5.69 Å². The molecule has 1 aromatic rings. The molecule has 73 valence electrons. The summed E-state index contributed by atoms with van der Waals surface area (Å²) in [7, 11) is 1.85. The van der Waals surface area contributed by atoms with E-state index in [0.717, 1.165) is 5.69 Å². The van der Waals surface area contributed by atoms with Crippen molar-refractivity contribution in [3.05, 3.63) is 24.5 Å². The second-order valence-electron chi connectivity index (χ2n) is 1.40. The molecule has 1 rings (SSSR count). The van der Waals surface area contributed by atoms with Crippen molar-refractivity contribution in [3.8, 4) is 0 Å². The molecule has 0 aliphatic carbocycles. The zero-order valence-electron chi connectivity index (χ0n) is 9.26. The monoisotopic (exact) mass is 256 g/mol. The molecule has 0 spiro atoms. The average molecular weight is 256 g/mol. The molecule has 0 atom stereocenters. The van der Waals surface area contributed by atoms with E-state index in [2.05, 4.69) is 16.4 Å². The van der Waals surface area contributed by atoms with Crippen molar-refractivity contribution in [2.75, 3.05) is 12.4 Å². The normalized spacial score (nSPS) is 6.23. The summed E-state index contributed by atoms with van der Waals surface area (Å²) in [6.07, 6.45) is 3.36. The Morgan fingerprint density at radius 1 is 1.23 bits per heavy atom. The maximum Gasteiger partial charge on any atom is 0.000124 e. The summed E-state index contributed by atoms with van der Waals surface area (Å²) in [5, 5.41) is 2.93. The van der Waals surface area contributed by atoms with Gasteiger partial charge in [0.05, 0.1) is 0 Å². The molecule has 0 fully saturated rings. The van der Waals surface area contributed by atoms with Crippen molar-refractivity contribution in [2.24, 2.45) is 0 Å². The quantitative estimate of drug-likeness (QED) is 0.781. The van der Waals surface area contributed by atoms with Gasteiger partial charge in [0.25, 0.3) is 0 Å². The summed E-state index contributed by atoms with van der Waals surface area (Å²) < 4.78 is 0. The molecule has 0 amide bonds. The number of aromatic nitrogens is 1. The summed E-state index contributed by atoms with van der Waals surface area (Å²) in [6.45, 7) is 8.00. The van der Waals surface area contributed by atoms with Crippen molar-refractivity contribution in [1.82, 2.24) is 4.98 Å². The Bertz CT molecular complexity index is 154. The first kappa shape index (κ1) is 18.8. The van der Waals surface area contributed by atoms with E-state index in [1.807, 2.05) is 40.8 Å². The number of rotatable bonds is 1. The SMILES string of the molecule is CC.CC.CNc1[c-]cncc1.[Y]. The number of nitrogens with one attached hydrogen (secondary N) is 1. The third-order valence-corrected chi connectivity index (χ3v) is 0.891. The summed E-state index contributed by atoms with van der Waals surface area (Å²) >= 11 is 0. The molecular weight excluding hydrogens is 237 g/mol. The molecule has 0 saturated carbocycles. The molecule has 0 saturated heterocycles. The minimum Gasteiger partial charge on any atom is -0.421 e. The summed E-state index contributed by atoms with van der Waals surface area (Å²) in [6, 6.07) is 4.76. The fourth-order valence-electron chi connectivity index (χ4n) is 0.471. The number of anilines is 1. The van der Waals surface area contributed by atoms with E-state index in [1.165, 1.54) is 0 Å². The predicted molar refractivity (Wildman–Crippen MR) is 55.3 cm³/mol. The minimum absolute atomic E-state index is 0. The van der Waals surface area contributed by atoms with Gasteiger partial charge in [0, 0.05) is 39.8 Å². The van der Waals surface area contributed by atoms with Crippen LogP contribution in [-0.4, -0.2) is 12.0 Å². The molecule has 1 N–H and O–H groups in total. The van der Waals surface area contributed by atoms with Crippen molar-refractivity contribution in [2.45, 2.75) is 27.7 Å². The smallest absolute Gasteiger partial charge is 0.000124 e. The van der Waals surface area contributed by atoms with Gasteiger partial charge in [-0.1, -0.05) is 40.1 Å². The number of hydrogen-bond acceptors (Lipinski definition) is 2. The summed E-state index contributed by atoms with van der Waals surface area (Å²) in [5.41, 5.74) is 0.972. The Morgan fingerprint density at radius 2 is 1.77 bits per heavy atom. The molecule has 1 radical (unpaired) electrons. The van der Waals surface area contributed by atoms with Crippen molar-refractivity contribution < 1.29 is 32.7 Å². The Kier molecular flexibility index (Phi) is 25.9. The Labute approximate surface area is 107 Å². The first-order chi connectivity index (χ1) is 5.93. The molecule has 2 nitrogen and oxygen atoms in total. The Morgan fingerprint density at radius 3 is 2.00 bits per heavy atom. The van der Waals surface area contributed by atoms with Gasteiger partial charge in [-0.05, 0) is 0 Å². The van der Waals surface area contributed by atoms with Crippen LogP contribution in [0.2, 0.25) is 0 Å². The number of hydrogen-bond donors (Lipinski definition) is 1. The van der Waals surface area contributed by atoms with E-state index in [9.17, 15) is 0 Å². The maximum atomic E-state index is 3.80. The van der Waals surface area contributed by atoms with E-state index < -0.39 is 0 Å². The van der Waals surface area contributed by atoms with Crippen LogP contribution in [0.1, 0.15) is 27.7 Å². The summed E-state index contributed by atoms with van der Waals surface area (Å²) in [4.78, 5) is 3.80. The molecule has 3 heteroatoms. The van der Waals surface area contributed by atoms with E-state index in [0.29, 0.717) is 0 Å². The van der Waals surface area contributed by atoms with Crippen LogP contribution < -0.4 is 5.32 Å². The predicted octanol–water partition coefficient (Wildman–Crippen LogP) is 2.97. The number of nitrogens with zero attached hydrogens (tertiary/aromatic N) is 1. The van der Waals surface area contributed by atoms with Crippen LogP contribution in [0.5, 0.6) is 0 Å². The van der Waals surface area contributed by atoms with Crippen LogP contribution in [0.15, 0.2) is 18.5 Å². The van der Waals surface area contributed by atoms with Crippen LogP contribution in [0.4, 0.5) is 5.69 Å². The minimum atomic E-state index is 0. The van der Waals surface area contributed by atoms with Gasteiger partial charge < -0.3 is 10.3 Å². The first-order valence-corrected chi connectivity index (χ1v) is 4.43. The zero-order valence-corrected chi connectivity index (χ0v) is 12.1. The van der Waals surface area contributed by atoms with Gasteiger partial charge in [-0.3, -0.25) is 0 Å². The first-order valence-electron chi connectivity index (χ1n) is 4.43. The molecule has 0 aromatic carbocycles. The summed E-state index contributed by atoms with van der Waals surface area (Å²) in [5.74, 6) is 0. The topological polar surface area (TPSA) is 24.9 Å². The van der Waals surface area contributed by atoms with Gasteiger partial charge in [-0.25, -0.2) is 6.07 Å². The van der Waals surface area contributed by atoms with E-state index in [-0.39, 0.29) is 32.7 Å². The molecule has 1 heterocycles. The molecule has 0 unspecified atom stereocenters. The van der Waals surface area contributed by atoms with Gasteiger partial charge >= 0.3 is 0 Å². The third-order valence-electron chi connectivity index (χ3n) is 0.891. The molecule has 13 heavy (non-hydrogen) atoms.